The highest BCUT2D eigenvalue weighted by Gasteiger charge is 2.22. The van der Waals surface area contributed by atoms with Gasteiger partial charge in [0.15, 0.2) is 0 Å². The minimum atomic E-state index is -0.576. The number of hydrogen-bond acceptors (Lipinski definition) is 4. The van der Waals surface area contributed by atoms with E-state index in [2.05, 4.69) is 21.2 Å². The number of nitrogens with one attached hydrogen (secondary N) is 1. The number of esters is 1. The van der Waals surface area contributed by atoms with Crippen LogP contribution in [0.3, 0.4) is 0 Å². The summed E-state index contributed by atoms with van der Waals surface area (Å²) in [5.74, 6) is 0.00549. The molecule has 0 radical (unpaired) electrons. The van der Waals surface area contributed by atoms with Crippen molar-refractivity contribution in [2.75, 3.05) is 12.9 Å². The SMILES string of the molecule is COC(=O)[C@@H](CC(C)C)NC(=O)CSc1ccc(Br)cc1. The Morgan fingerprint density at radius 3 is 2.43 bits per heavy atom. The highest BCUT2D eigenvalue weighted by Crippen LogP contribution is 2.20. The molecule has 0 saturated carbocycles. The second kappa shape index (κ2) is 9.10. The molecule has 0 saturated heterocycles. The molecule has 6 heteroatoms. The van der Waals surface area contributed by atoms with Gasteiger partial charge in [-0.15, -0.1) is 11.8 Å². The average molecular weight is 374 g/mol. The van der Waals surface area contributed by atoms with Gasteiger partial charge in [0.25, 0.3) is 0 Å². The third-order valence-corrected chi connectivity index (χ3v) is 4.25. The molecule has 0 aliphatic rings. The van der Waals surface area contributed by atoms with E-state index in [0.29, 0.717) is 12.3 Å². The van der Waals surface area contributed by atoms with E-state index in [4.69, 9.17) is 4.74 Å². The molecule has 0 heterocycles. The van der Waals surface area contributed by atoms with Gasteiger partial charge in [0.2, 0.25) is 5.91 Å². The van der Waals surface area contributed by atoms with Crippen LogP contribution in [0, 0.1) is 5.92 Å². The molecule has 1 aromatic carbocycles. The van der Waals surface area contributed by atoms with Crippen LogP contribution in [-0.4, -0.2) is 30.8 Å². The van der Waals surface area contributed by atoms with Crippen LogP contribution in [0.15, 0.2) is 33.6 Å². The number of halogens is 1. The molecule has 0 aromatic heterocycles. The molecule has 1 amide bonds. The Morgan fingerprint density at radius 1 is 1.29 bits per heavy atom. The van der Waals surface area contributed by atoms with Crippen molar-refractivity contribution in [3.8, 4) is 0 Å². The van der Waals surface area contributed by atoms with Crippen LogP contribution in [0.5, 0.6) is 0 Å². The van der Waals surface area contributed by atoms with Crippen molar-refractivity contribution >= 4 is 39.6 Å². The smallest absolute Gasteiger partial charge is 0.328 e. The molecule has 0 bridgehead atoms. The first-order valence-electron chi connectivity index (χ1n) is 6.68. The first-order chi connectivity index (χ1) is 9.92. The third kappa shape index (κ3) is 7.00. The van der Waals surface area contributed by atoms with E-state index in [9.17, 15) is 9.59 Å². The Kier molecular flexibility index (Phi) is 7.82. The monoisotopic (exact) mass is 373 g/mol. The fourth-order valence-electron chi connectivity index (χ4n) is 1.74. The maximum absolute atomic E-state index is 11.9. The second-order valence-corrected chi connectivity index (χ2v) is 6.98. The molecule has 0 spiro atoms. The lowest BCUT2D eigenvalue weighted by atomic mass is 10.0. The Morgan fingerprint density at radius 2 is 1.90 bits per heavy atom. The van der Waals surface area contributed by atoms with Gasteiger partial charge >= 0.3 is 5.97 Å². The first kappa shape index (κ1) is 18.0. The van der Waals surface area contributed by atoms with E-state index in [1.54, 1.807) is 0 Å². The van der Waals surface area contributed by atoms with Crippen LogP contribution in [0.2, 0.25) is 0 Å². The number of hydrogen-bond donors (Lipinski definition) is 1. The summed E-state index contributed by atoms with van der Waals surface area (Å²) in [6, 6.07) is 7.15. The highest BCUT2D eigenvalue weighted by atomic mass is 79.9. The van der Waals surface area contributed by atoms with Crippen molar-refractivity contribution in [2.45, 2.75) is 31.2 Å². The number of amides is 1. The summed E-state index contributed by atoms with van der Waals surface area (Å²) in [5, 5.41) is 2.74. The number of benzene rings is 1. The Hall–Kier alpha value is -1.01. The Bertz CT molecular complexity index is 476. The molecule has 0 aliphatic carbocycles. The van der Waals surface area contributed by atoms with Crippen molar-refractivity contribution < 1.29 is 14.3 Å². The molecule has 0 aliphatic heterocycles. The van der Waals surface area contributed by atoms with Crippen molar-refractivity contribution in [3.63, 3.8) is 0 Å². The van der Waals surface area contributed by atoms with E-state index < -0.39 is 12.0 Å². The number of rotatable bonds is 7. The molecule has 0 fully saturated rings. The normalized spacial score (nSPS) is 12.0. The average Bonchev–Trinajstić information content (AvgIpc) is 2.44. The van der Waals surface area contributed by atoms with Gasteiger partial charge in [-0.3, -0.25) is 4.79 Å². The summed E-state index contributed by atoms with van der Waals surface area (Å²) in [6.45, 7) is 4.00. The van der Waals surface area contributed by atoms with E-state index >= 15 is 0 Å². The molecule has 116 valence electrons. The van der Waals surface area contributed by atoms with Crippen molar-refractivity contribution in [1.29, 1.82) is 0 Å². The summed E-state index contributed by atoms with van der Waals surface area (Å²) in [4.78, 5) is 24.6. The van der Waals surface area contributed by atoms with Crippen molar-refractivity contribution in [1.82, 2.24) is 5.32 Å². The van der Waals surface area contributed by atoms with E-state index in [-0.39, 0.29) is 11.7 Å². The number of ether oxygens (including phenoxy) is 1. The fourth-order valence-corrected chi connectivity index (χ4v) is 2.72. The fraction of sp³-hybridized carbons (Fsp3) is 0.467. The second-order valence-electron chi connectivity index (χ2n) is 5.02. The zero-order valence-corrected chi connectivity index (χ0v) is 14.8. The number of carbonyl (C=O) groups is 2. The van der Waals surface area contributed by atoms with Gasteiger partial charge < -0.3 is 10.1 Å². The van der Waals surface area contributed by atoms with Crippen molar-refractivity contribution in [2.24, 2.45) is 5.92 Å². The van der Waals surface area contributed by atoms with Crippen LogP contribution in [-0.2, 0) is 14.3 Å². The topological polar surface area (TPSA) is 55.4 Å². The standard InChI is InChI=1S/C15H20BrNO3S/c1-10(2)8-13(15(19)20-3)17-14(18)9-21-12-6-4-11(16)5-7-12/h4-7,10,13H,8-9H2,1-3H3,(H,17,18)/t13-/m1/s1. The minimum absolute atomic E-state index is 0.168. The minimum Gasteiger partial charge on any atom is -0.467 e. The van der Waals surface area contributed by atoms with E-state index in [1.807, 2.05) is 38.1 Å². The van der Waals surface area contributed by atoms with Crippen LogP contribution >= 0.6 is 27.7 Å². The molecule has 0 unspecified atom stereocenters. The zero-order chi connectivity index (χ0) is 15.8. The van der Waals surface area contributed by atoms with Crippen molar-refractivity contribution in [3.05, 3.63) is 28.7 Å². The number of thioether (sulfide) groups is 1. The molecule has 1 N–H and O–H groups in total. The highest BCUT2D eigenvalue weighted by molar-refractivity contribution is 9.10. The maximum Gasteiger partial charge on any atom is 0.328 e. The quantitative estimate of drug-likeness (QED) is 0.588. The molecule has 1 rings (SSSR count). The van der Waals surface area contributed by atoms with Gasteiger partial charge in [-0.2, -0.15) is 0 Å². The molecule has 21 heavy (non-hydrogen) atoms. The van der Waals surface area contributed by atoms with Gasteiger partial charge in [-0.05, 0) is 36.6 Å². The third-order valence-electron chi connectivity index (χ3n) is 2.71. The molecular weight excluding hydrogens is 354 g/mol. The van der Waals surface area contributed by atoms with Crippen LogP contribution in [0.25, 0.3) is 0 Å². The lowest BCUT2D eigenvalue weighted by Gasteiger charge is -2.18. The summed E-state index contributed by atoms with van der Waals surface area (Å²) in [5.41, 5.74) is 0. The van der Waals surface area contributed by atoms with Gasteiger partial charge in [-0.25, -0.2) is 4.79 Å². The Balaban J connectivity index is 2.49. The van der Waals surface area contributed by atoms with Gasteiger partial charge in [0.1, 0.15) is 6.04 Å². The molecule has 1 atom stereocenters. The zero-order valence-electron chi connectivity index (χ0n) is 12.4. The molecular formula is C15H20BrNO3S. The summed E-state index contributed by atoms with van der Waals surface area (Å²) in [6.07, 6.45) is 0.571. The van der Waals surface area contributed by atoms with Crippen LogP contribution < -0.4 is 5.32 Å². The van der Waals surface area contributed by atoms with Gasteiger partial charge in [-0.1, -0.05) is 29.8 Å². The Labute approximate surface area is 138 Å². The summed E-state index contributed by atoms with van der Waals surface area (Å²) >= 11 is 4.80. The predicted molar refractivity (Wildman–Crippen MR) is 88.3 cm³/mol. The molecule has 4 nitrogen and oxygen atoms in total. The number of methoxy groups -OCH3 is 1. The van der Waals surface area contributed by atoms with E-state index in [0.717, 1.165) is 9.37 Å². The van der Waals surface area contributed by atoms with Crippen LogP contribution in [0.1, 0.15) is 20.3 Å². The van der Waals surface area contributed by atoms with E-state index in [1.165, 1.54) is 18.9 Å². The predicted octanol–water partition coefficient (Wildman–Crippen LogP) is 3.25. The largest absolute Gasteiger partial charge is 0.467 e. The molecule has 1 aromatic rings. The van der Waals surface area contributed by atoms with Gasteiger partial charge in [0.05, 0.1) is 12.9 Å². The number of carbonyl (C=O) groups excluding carboxylic acids is 2. The first-order valence-corrected chi connectivity index (χ1v) is 8.45. The van der Waals surface area contributed by atoms with Crippen LogP contribution in [0.4, 0.5) is 0 Å². The lowest BCUT2D eigenvalue weighted by Crippen LogP contribution is -2.43. The lowest BCUT2D eigenvalue weighted by molar-refractivity contribution is -0.145. The summed E-state index contributed by atoms with van der Waals surface area (Å²) in [7, 11) is 1.33. The maximum atomic E-state index is 11.9. The summed E-state index contributed by atoms with van der Waals surface area (Å²) < 4.78 is 5.72. The van der Waals surface area contributed by atoms with Gasteiger partial charge in [0, 0.05) is 9.37 Å².